The highest BCUT2D eigenvalue weighted by Gasteiger charge is 2.31. The van der Waals surface area contributed by atoms with Gasteiger partial charge in [-0.3, -0.25) is 0 Å². The minimum atomic E-state index is -4.37. The normalized spacial score (nSPS) is 22.7. The van der Waals surface area contributed by atoms with Gasteiger partial charge >= 0.3 is 6.18 Å². The maximum absolute atomic E-state index is 13.9. The summed E-state index contributed by atoms with van der Waals surface area (Å²) in [4.78, 5) is 0. The number of nitrogens with one attached hydrogen (secondary N) is 1. The smallest absolute Gasteiger partial charge is 0.311 e. The van der Waals surface area contributed by atoms with Crippen LogP contribution < -0.4 is 5.32 Å². The van der Waals surface area contributed by atoms with Crippen molar-refractivity contribution in [3.63, 3.8) is 0 Å². The van der Waals surface area contributed by atoms with Crippen molar-refractivity contribution in [2.24, 2.45) is 0 Å². The fourth-order valence-corrected chi connectivity index (χ4v) is 2.05. The van der Waals surface area contributed by atoms with Crippen LogP contribution >= 0.6 is 0 Å². The van der Waals surface area contributed by atoms with Gasteiger partial charge in [0.25, 0.3) is 0 Å². The maximum Gasteiger partial charge on any atom is 0.416 e. The second-order valence-corrected chi connectivity index (χ2v) is 4.22. The molecule has 0 aliphatic carbocycles. The molecule has 1 aliphatic heterocycles. The zero-order valence-corrected chi connectivity index (χ0v) is 9.10. The third-order valence-electron chi connectivity index (χ3n) is 3.01. The van der Waals surface area contributed by atoms with Gasteiger partial charge in [0.15, 0.2) is 0 Å². The van der Waals surface area contributed by atoms with Gasteiger partial charge in [-0.1, -0.05) is 12.1 Å². The third-order valence-corrected chi connectivity index (χ3v) is 3.01. The van der Waals surface area contributed by atoms with Crippen molar-refractivity contribution in [1.82, 2.24) is 5.32 Å². The Kier molecular flexibility index (Phi) is 3.38. The Hall–Kier alpha value is -1.10. The molecule has 1 aromatic carbocycles. The van der Waals surface area contributed by atoms with Crippen LogP contribution in [0.1, 0.15) is 30.1 Å². The van der Waals surface area contributed by atoms with Crippen molar-refractivity contribution in [2.75, 3.05) is 6.54 Å². The summed E-state index contributed by atoms with van der Waals surface area (Å²) in [5.41, 5.74) is -0.440. The molecule has 1 nitrogen and oxygen atoms in total. The van der Waals surface area contributed by atoms with E-state index < -0.39 is 17.9 Å². The molecule has 0 aromatic heterocycles. The zero-order valence-electron chi connectivity index (χ0n) is 9.10. The topological polar surface area (TPSA) is 12.0 Å². The summed E-state index contributed by atoms with van der Waals surface area (Å²) >= 11 is 0. The molecular formula is C12H13F4N. The van der Waals surface area contributed by atoms with Gasteiger partial charge < -0.3 is 5.32 Å². The van der Waals surface area contributed by atoms with Gasteiger partial charge in [-0.2, -0.15) is 13.2 Å². The van der Waals surface area contributed by atoms with Crippen LogP contribution in [0.25, 0.3) is 0 Å². The van der Waals surface area contributed by atoms with E-state index in [-0.39, 0.29) is 6.04 Å². The Morgan fingerprint density at radius 2 is 1.82 bits per heavy atom. The van der Waals surface area contributed by atoms with Crippen LogP contribution in [-0.4, -0.2) is 12.6 Å². The van der Waals surface area contributed by atoms with Crippen LogP contribution in [0.5, 0.6) is 0 Å². The van der Waals surface area contributed by atoms with Crippen molar-refractivity contribution in [3.8, 4) is 0 Å². The van der Waals surface area contributed by atoms with Crippen LogP contribution in [0.4, 0.5) is 17.6 Å². The average molecular weight is 247 g/mol. The van der Waals surface area contributed by atoms with Crippen LogP contribution in [-0.2, 0) is 6.18 Å². The standard InChI is InChI=1S/C12H13F4N/c13-11(10-2-1-7-17-10)8-3-5-9(6-4-8)12(14,15)16/h3-6,10-11,17H,1-2,7H2. The van der Waals surface area contributed by atoms with Crippen molar-refractivity contribution in [2.45, 2.75) is 31.2 Å². The highest BCUT2D eigenvalue weighted by atomic mass is 19.4. The zero-order chi connectivity index (χ0) is 12.5. The first-order valence-corrected chi connectivity index (χ1v) is 5.53. The lowest BCUT2D eigenvalue weighted by Crippen LogP contribution is -2.26. The van der Waals surface area contributed by atoms with Crippen molar-refractivity contribution in [3.05, 3.63) is 35.4 Å². The van der Waals surface area contributed by atoms with Crippen LogP contribution in [0.3, 0.4) is 0 Å². The summed E-state index contributed by atoms with van der Waals surface area (Å²) in [5.74, 6) is 0. The number of alkyl halides is 4. The molecule has 2 rings (SSSR count). The highest BCUT2D eigenvalue weighted by molar-refractivity contribution is 5.27. The number of halogens is 4. The molecule has 1 aliphatic rings. The van der Waals surface area contributed by atoms with Crippen molar-refractivity contribution < 1.29 is 17.6 Å². The van der Waals surface area contributed by atoms with Gasteiger partial charge in [-0.15, -0.1) is 0 Å². The summed E-state index contributed by atoms with van der Waals surface area (Å²) in [5, 5.41) is 3.00. The van der Waals surface area contributed by atoms with Gasteiger partial charge in [0.2, 0.25) is 0 Å². The molecule has 0 saturated carbocycles. The van der Waals surface area contributed by atoms with E-state index in [1.54, 1.807) is 0 Å². The lowest BCUT2D eigenvalue weighted by Gasteiger charge is -2.16. The lowest BCUT2D eigenvalue weighted by molar-refractivity contribution is -0.137. The van der Waals surface area contributed by atoms with E-state index in [4.69, 9.17) is 0 Å². The Morgan fingerprint density at radius 1 is 1.18 bits per heavy atom. The van der Waals surface area contributed by atoms with E-state index in [1.165, 1.54) is 12.1 Å². The first-order chi connectivity index (χ1) is 7.98. The molecule has 1 N–H and O–H groups in total. The SMILES string of the molecule is FC(c1ccc(C(F)(F)F)cc1)C1CCCN1. The van der Waals surface area contributed by atoms with Crippen LogP contribution in [0.2, 0.25) is 0 Å². The molecule has 0 radical (unpaired) electrons. The predicted molar refractivity (Wildman–Crippen MR) is 56.3 cm³/mol. The van der Waals surface area contributed by atoms with Gasteiger partial charge in [0.05, 0.1) is 5.56 Å². The van der Waals surface area contributed by atoms with Crippen molar-refractivity contribution in [1.29, 1.82) is 0 Å². The first-order valence-electron chi connectivity index (χ1n) is 5.53. The molecule has 1 aromatic rings. The van der Waals surface area contributed by atoms with E-state index in [1.807, 2.05) is 0 Å². The Bertz CT molecular complexity index is 365. The summed E-state index contributed by atoms with van der Waals surface area (Å²) < 4.78 is 50.9. The van der Waals surface area contributed by atoms with Crippen molar-refractivity contribution >= 4 is 0 Å². The average Bonchev–Trinajstić information content (AvgIpc) is 2.80. The molecule has 2 unspecified atom stereocenters. The van der Waals surface area contributed by atoms with E-state index in [0.29, 0.717) is 5.56 Å². The molecular weight excluding hydrogens is 234 g/mol. The molecule has 2 atom stereocenters. The minimum Gasteiger partial charge on any atom is -0.311 e. The van der Waals surface area contributed by atoms with Crippen LogP contribution in [0.15, 0.2) is 24.3 Å². The molecule has 0 amide bonds. The summed E-state index contributed by atoms with van der Waals surface area (Å²) in [6, 6.07) is 4.01. The van der Waals surface area contributed by atoms with E-state index in [9.17, 15) is 17.6 Å². The van der Waals surface area contributed by atoms with Gasteiger partial charge in [-0.05, 0) is 37.1 Å². The van der Waals surface area contributed by atoms with E-state index in [2.05, 4.69) is 5.32 Å². The van der Waals surface area contributed by atoms with E-state index >= 15 is 0 Å². The molecule has 0 bridgehead atoms. The van der Waals surface area contributed by atoms with Gasteiger partial charge in [-0.25, -0.2) is 4.39 Å². The molecule has 1 fully saturated rings. The molecule has 17 heavy (non-hydrogen) atoms. The van der Waals surface area contributed by atoms with Crippen LogP contribution in [0, 0.1) is 0 Å². The number of hydrogen-bond acceptors (Lipinski definition) is 1. The predicted octanol–water partition coefficient (Wildman–Crippen LogP) is 3.47. The first kappa shape index (κ1) is 12.4. The number of rotatable bonds is 2. The summed E-state index contributed by atoms with van der Waals surface area (Å²) in [6.45, 7) is 0.770. The van der Waals surface area contributed by atoms with E-state index in [0.717, 1.165) is 31.5 Å². The molecule has 5 heteroatoms. The van der Waals surface area contributed by atoms with Gasteiger partial charge in [0, 0.05) is 6.04 Å². The molecule has 94 valence electrons. The van der Waals surface area contributed by atoms with Gasteiger partial charge in [0.1, 0.15) is 6.17 Å². The number of hydrogen-bond donors (Lipinski definition) is 1. The Balaban J connectivity index is 2.12. The third kappa shape index (κ3) is 2.77. The fraction of sp³-hybridized carbons (Fsp3) is 0.500. The Morgan fingerprint density at radius 3 is 2.29 bits per heavy atom. The second kappa shape index (κ2) is 4.64. The molecule has 1 saturated heterocycles. The summed E-state index contributed by atoms with van der Waals surface area (Å²) in [7, 11) is 0. The second-order valence-electron chi connectivity index (χ2n) is 4.22. The lowest BCUT2D eigenvalue weighted by atomic mass is 10.0. The minimum absolute atomic E-state index is 0.272. The molecule has 0 spiro atoms. The molecule has 1 heterocycles. The largest absolute Gasteiger partial charge is 0.416 e. The fourth-order valence-electron chi connectivity index (χ4n) is 2.05. The Labute approximate surface area is 96.8 Å². The maximum atomic E-state index is 13.9. The highest BCUT2D eigenvalue weighted by Crippen LogP contribution is 2.32. The quantitative estimate of drug-likeness (QED) is 0.789. The monoisotopic (exact) mass is 247 g/mol. The summed E-state index contributed by atoms with van der Waals surface area (Å²) in [6.07, 6.45) is -3.97. The number of benzene rings is 1.